The van der Waals surface area contributed by atoms with Crippen molar-refractivity contribution >= 4 is 51.8 Å². The standard InChI is InChI=1S/C15H14BBrN4O/c1-22-11-5-8(4-10(18)13(11)17)2-3-9-6-16-12-14(9)20-7-21-15(12)19/h2-7,16H,18H2,1H3,(H2,19,20,21)/b3-2+. The van der Waals surface area contributed by atoms with E-state index >= 15 is 0 Å². The second kappa shape index (κ2) is 5.85. The van der Waals surface area contributed by atoms with Gasteiger partial charge in [0.05, 0.1) is 23.0 Å². The summed E-state index contributed by atoms with van der Waals surface area (Å²) in [5.74, 6) is 3.33. The zero-order valence-corrected chi connectivity index (χ0v) is 13.6. The summed E-state index contributed by atoms with van der Waals surface area (Å²) in [5, 5.41) is 0. The van der Waals surface area contributed by atoms with E-state index in [9.17, 15) is 0 Å². The van der Waals surface area contributed by atoms with E-state index in [4.69, 9.17) is 16.2 Å². The number of benzene rings is 1. The van der Waals surface area contributed by atoms with Crippen molar-refractivity contribution in [2.24, 2.45) is 0 Å². The van der Waals surface area contributed by atoms with E-state index in [2.05, 4.69) is 31.9 Å². The minimum atomic E-state index is 0.541. The van der Waals surface area contributed by atoms with Crippen LogP contribution in [0.1, 0.15) is 11.3 Å². The molecule has 3 rings (SSSR count). The first kappa shape index (κ1) is 14.7. The van der Waals surface area contributed by atoms with E-state index in [0.717, 1.165) is 34.0 Å². The molecular formula is C15H14BBrN4O. The number of ether oxygens (including phenoxy) is 1. The molecule has 0 unspecified atom stereocenters. The summed E-state index contributed by atoms with van der Waals surface area (Å²) in [7, 11) is 2.37. The molecule has 0 saturated carbocycles. The summed E-state index contributed by atoms with van der Waals surface area (Å²) in [6.07, 6.45) is 5.47. The zero-order valence-electron chi connectivity index (χ0n) is 12.0. The maximum atomic E-state index is 5.96. The second-order valence-electron chi connectivity index (χ2n) is 4.91. The van der Waals surface area contributed by atoms with E-state index in [-0.39, 0.29) is 0 Å². The predicted molar refractivity (Wildman–Crippen MR) is 95.3 cm³/mol. The largest absolute Gasteiger partial charge is 0.495 e. The zero-order chi connectivity index (χ0) is 15.7. The van der Waals surface area contributed by atoms with Crippen molar-refractivity contribution in [2.45, 2.75) is 0 Å². The van der Waals surface area contributed by atoms with Crippen LogP contribution >= 0.6 is 15.9 Å². The maximum Gasteiger partial charge on any atom is 0.191 e. The van der Waals surface area contributed by atoms with Gasteiger partial charge in [0.15, 0.2) is 7.28 Å². The normalized spacial score (nSPS) is 12.9. The highest BCUT2D eigenvalue weighted by atomic mass is 79.9. The van der Waals surface area contributed by atoms with Crippen molar-refractivity contribution in [3.63, 3.8) is 0 Å². The summed E-state index contributed by atoms with van der Waals surface area (Å²) in [6.45, 7) is 0. The van der Waals surface area contributed by atoms with E-state index < -0.39 is 0 Å². The average molecular weight is 357 g/mol. The molecule has 0 saturated heterocycles. The number of aromatic nitrogens is 2. The summed E-state index contributed by atoms with van der Waals surface area (Å²) in [4.78, 5) is 8.33. The topological polar surface area (TPSA) is 87.0 Å². The lowest BCUT2D eigenvalue weighted by Gasteiger charge is -2.07. The van der Waals surface area contributed by atoms with Gasteiger partial charge in [-0.05, 0) is 44.7 Å². The number of anilines is 2. The SMILES string of the molecule is COc1cc(/C=C/C2=CBc3c(N)ncnc32)cc(N)c1Br. The monoisotopic (exact) mass is 356 g/mol. The number of rotatable bonds is 3. The van der Waals surface area contributed by atoms with E-state index in [0.29, 0.717) is 17.3 Å². The lowest BCUT2D eigenvalue weighted by molar-refractivity contribution is 0.412. The molecule has 0 atom stereocenters. The second-order valence-corrected chi connectivity index (χ2v) is 5.70. The smallest absolute Gasteiger partial charge is 0.191 e. The quantitative estimate of drug-likeness (QED) is 0.643. The van der Waals surface area contributed by atoms with Crippen molar-refractivity contribution in [1.82, 2.24) is 9.97 Å². The van der Waals surface area contributed by atoms with Crippen LogP contribution in [-0.2, 0) is 0 Å². The number of nitrogens with zero attached hydrogens (tertiary/aromatic N) is 2. The molecule has 0 spiro atoms. The van der Waals surface area contributed by atoms with Crippen LogP contribution in [0.4, 0.5) is 11.5 Å². The number of allylic oxidation sites excluding steroid dienone is 2. The van der Waals surface area contributed by atoms with Gasteiger partial charge in [0.2, 0.25) is 0 Å². The fraction of sp³-hybridized carbons (Fsp3) is 0.0667. The Hall–Kier alpha value is -2.28. The van der Waals surface area contributed by atoms with Gasteiger partial charge < -0.3 is 16.2 Å². The lowest BCUT2D eigenvalue weighted by atomic mass is 9.74. The van der Waals surface area contributed by atoms with Crippen molar-refractivity contribution in [1.29, 1.82) is 0 Å². The van der Waals surface area contributed by atoms with Gasteiger partial charge in [0.25, 0.3) is 0 Å². The molecule has 0 radical (unpaired) electrons. The molecule has 2 heterocycles. The Morgan fingerprint density at radius 3 is 2.82 bits per heavy atom. The first-order chi connectivity index (χ1) is 10.6. The summed E-state index contributed by atoms with van der Waals surface area (Å²) in [5.41, 5.74) is 16.3. The summed E-state index contributed by atoms with van der Waals surface area (Å²) in [6, 6.07) is 3.80. The molecule has 0 fully saturated rings. The summed E-state index contributed by atoms with van der Waals surface area (Å²) >= 11 is 3.40. The van der Waals surface area contributed by atoms with Gasteiger partial charge >= 0.3 is 0 Å². The Morgan fingerprint density at radius 1 is 1.23 bits per heavy atom. The van der Waals surface area contributed by atoms with Crippen LogP contribution in [-0.4, -0.2) is 24.4 Å². The number of halogens is 1. The molecule has 4 N–H and O–H groups in total. The average Bonchev–Trinajstić information content (AvgIpc) is 2.93. The van der Waals surface area contributed by atoms with Crippen molar-refractivity contribution in [3.8, 4) is 5.75 Å². The van der Waals surface area contributed by atoms with Crippen LogP contribution in [0, 0.1) is 0 Å². The first-order valence-electron chi connectivity index (χ1n) is 6.71. The molecule has 1 aromatic heterocycles. The van der Waals surface area contributed by atoms with Gasteiger partial charge in [-0.15, -0.1) is 5.98 Å². The Kier molecular flexibility index (Phi) is 3.89. The molecule has 110 valence electrons. The van der Waals surface area contributed by atoms with Crippen LogP contribution < -0.4 is 21.7 Å². The number of nitrogen functional groups attached to an aromatic ring is 2. The van der Waals surface area contributed by atoms with E-state index in [1.54, 1.807) is 7.11 Å². The third kappa shape index (κ3) is 2.59. The minimum absolute atomic E-state index is 0.541. The predicted octanol–water partition coefficient (Wildman–Crippen LogP) is 1.54. The van der Waals surface area contributed by atoms with Gasteiger partial charge in [-0.25, -0.2) is 9.97 Å². The molecule has 5 nitrogen and oxygen atoms in total. The van der Waals surface area contributed by atoms with Gasteiger partial charge in [-0.2, -0.15) is 0 Å². The van der Waals surface area contributed by atoms with E-state index in [1.807, 2.05) is 24.3 Å². The number of fused-ring (bicyclic) bond motifs is 1. The molecule has 2 aromatic rings. The fourth-order valence-electron chi connectivity index (χ4n) is 2.40. The molecule has 7 heteroatoms. The molecular weight excluding hydrogens is 343 g/mol. The van der Waals surface area contributed by atoms with Crippen molar-refractivity contribution < 1.29 is 4.74 Å². The highest BCUT2D eigenvalue weighted by Crippen LogP contribution is 2.32. The van der Waals surface area contributed by atoms with Crippen molar-refractivity contribution in [3.05, 3.63) is 46.2 Å². The van der Waals surface area contributed by atoms with E-state index in [1.165, 1.54) is 6.33 Å². The summed E-state index contributed by atoms with van der Waals surface area (Å²) < 4.78 is 6.06. The van der Waals surface area contributed by atoms with Gasteiger partial charge in [0, 0.05) is 0 Å². The van der Waals surface area contributed by atoms with Crippen LogP contribution in [0.2, 0.25) is 0 Å². The third-order valence-electron chi connectivity index (χ3n) is 3.54. The number of hydrogen-bond acceptors (Lipinski definition) is 5. The molecule has 22 heavy (non-hydrogen) atoms. The Bertz CT molecular complexity index is 804. The Balaban J connectivity index is 1.91. The fourth-order valence-corrected chi connectivity index (χ4v) is 2.79. The third-order valence-corrected chi connectivity index (χ3v) is 4.39. The Labute approximate surface area is 137 Å². The number of nitrogens with two attached hydrogens (primary N) is 2. The molecule has 1 aliphatic heterocycles. The first-order valence-corrected chi connectivity index (χ1v) is 7.50. The molecule has 0 amide bonds. The minimum Gasteiger partial charge on any atom is -0.495 e. The molecule has 0 aliphatic carbocycles. The van der Waals surface area contributed by atoms with Gasteiger partial charge in [-0.3, -0.25) is 0 Å². The highest BCUT2D eigenvalue weighted by molar-refractivity contribution is 9.10. The maximum absolute atomic E-state index is 5.96. The van der Waals surface area contributed by atoms with Crippen LogP contribution in [0.3, 0.4) is 0 Å². The van der Waals surface area contributed by atoms with Crippen LogP contribution in [0.5, 0.6) is 5.75 Å². The highest BCUT2D eigenvalue weighted by Gasteiger charge is 2.17. The van der Waals surface area contributed by atoms with Gasteiger partial charge in [-0.1, -0.05) is 12.2 Å². The van der Waals surface area contributed by atoms with Gasteiger partial charge in [0.1, 0.15) is 17.9 Å². The molecule has 1 aromatic carbocycles. The number of hydrogen-bond donors (Lipinski definition) is 2. The van der Waals surface area contributed by atoms with Crippen LogP contribution in [0.25, 0.3) is 11.6 Å². The number of methoxy groups -OCH3 is 1. The molecule has 0 bridgehead atoms. The molecule has 1 aliphatic rings. The van der Waals surface area contributed by atoms with Crippen LogP contribution in [0.15, 0.2) is 35.0 Å². The lowest BCUT2D eigenvalue weighted by Crippen LogP contribution is -2.19. The Morgan fingerprint density at radius 2 is 2.05 bits per heavy atom. The van der Waals surface area contributed by atoms with Crippen molar-refractivity contribution in [2.75, 3.05) is 18.6 Å².